The molecule has 0 spiro atoms. The molecule has 0 radical (unpaired) electrons. The van der Waals surface area contributed by atoms with E-state index in [2.05, 4.69) is 34.4 Å². The number of rotatable bonds is 7. The fourth-order valence-corrected chi connectivity index (χ4v) is 2.67. The second-order valence-corrected chi connectivity index (χ2v) is 6.20. The Balaban J connectivity index is 0.00000484. The molecule has 0 aromatic rings. The van der Waals surface area contributed by atoms with E-state index in [9.17, 15) is 13.2 Å². The average Bonchev–Trinajstić information content (AvgIpc) is 2.81. The van der Waals surface area contributed by atoms with Gasteiger partial charge in [0.25, 0.3) is 0 Å². The first-order valence-corrected chi connectivity index (χ1v) is 8.14. The van der Waals surface area contributed by atoms with E-state index in [0.717, 1.165) is 19.5 Å². The molecule has 0 saturated carbocycles. The van der Waals surface area contributed by atoms with Gasteiger partial charge >= 0.3 is 6.18 Å². The van der Waals surface area contributed by atoms with Gasteiger partial charge in [0.05, 0.1) is 13.0 Å². The van der Waals surface area contributed by atoms with E-state index in [1.165, 1.54) is 6.42 Å². The van der Waals surface area contributed by atoms with E-state index in [-0.39, 0.29) is 30.5 Å². The van der Waals surface area contributed by atoms with Crippen molar-refractivity contribution in [1.29, 1.82) is 0 Å². The van der Waals surface area contributed by atoms with Crippen LogP contribution >= 0.6 is 24.0 Å². The van der Waals surface area contributed by atoms with Crippen LogP contribution in [-0.2, 0) is 0 Å². The minimum absolute atomic E-state index is 0. The molecule has 1 heterocycles. The van der Waals surface area contributed by atoms with Crippen molar-refractivity contribution >= 4 is 29.9 Å². The molecule has 0 amide bonds. The molecular weight excluding hydrogens is 420 g/mol. The van der Waals surface area contributed by atoms with Gasteiger partial charge in [0.2, 0.25) is 0 Å². The summed E-state index contributed by atoms with van der Waals surface area (Å²) < 4.78 is 36.6. The van der Waals surface area contributed by atoms with E-state index >= 15 is 0 Å². The van der Waals surface area contributed by atoms with Crippen molar-refractivity contribution in [2.45, 2.75) is 52.3 Å². The van der Waals surface area contributed by atoms with Crippen LogP contribution in [0, 0.1) is 5.92 Å². The van der Waals surface area contributed by atoms with Gasteiger partial charge in [-0.25, -0.2) is 0 Å². The average molecular weight is 450 g/mol. The first-order chi connectivity index (χ1) is 10.3. The molecule has 1 saturated heterocycles. The first-order valence-electron chi connectivity index (χ1n) is 8.14. The first kappa shape index (κ1) is 22.8. The second-order valence-electron chi connectivity index (χ2n) is 6.20. The summed E-state index contributed by atoms with van der Waals surface area (Å²) in [6, 6.07) is 0.403. The lowest BCUT2D eigenvalue weighted by Crippen LogP contribution is -2.40. The maximum absolute atomic E-state index is 12.2. The predicted molar refractivity (Wildman–Crippen MR) is 99.5 cm³/mol. The smallest absolute Gasteiger partial charge is 0.357 e. The van der Waals surface area contributed by atoms with Crippen LogP contribution in [0.25, 0.3) is 0 Å². The third-order valence-corrected chi connectivity index (χ3v) is 3.60. The monoisotopic (exact) mass is 450 g/mol. The summed E-state index contributed by atoms with van der Waals surface area (Å²) in [6.45, 7) is 9.57. The summed E-state index contributed by atoms with van der Waals surface area (Å²) in [5.74, 6) is 1.09. The zero-order chi connectivity index (χ0) is 16.6. The number of hydrogen-bond donors (Lipinski definition) is 2. The van der Waals surface area contributed by atoms with Crippen LogP contribution in [0.1, 0.15) is 40.0 Å². The van der Waals surface area contributed by atoms with Crippen molar-refractivity contribution < 1.29 is 13.2 Å². The number of likely N-dealkylation sites (tertiary alicyclic amines) is 1. The highest BCUT2D eigenvalue weighted by molar-refractivity contribution is 14.0. The van der Waals surface area contributed by atoms with Crippen LogP contribution in [0.2, 0.25) is 0 Å². The molecule has 1 atom stereocenters. The van der Waals surface area contributed by atoms with Gasteiger partial charge in [0.1, 0.15) is 0 Å². The van der Waals surface area contributed by atoms with Crippen LogP contribution in [0.3, 0.4) is 0 Å². The van der Waals surface area contributed by atoms with E-state index in [1.807, 2.05) is 6.92 Å². The molecule has 0 aromatic carbocycles. The summed E-state index contributed by atoms with van der Waals surface area (Å²) in [5, 5.41) is 5.76. The Morgan fingerprint density at radius 2 is 2.00 bits per heavy atom. The molecule has 8 heteroatoms. The largest absolute Gasteiger partial charge is 0.390 e. The maximum atomic E-state index is 12.2. The number of nitrogens with one attached hydrogen (secondary N) is 2. The predicted octanol–water partition coefficient (Wildman–Crippen LogP) is 3.23. The molecule has 4 nitrogen and oxygen atoms in total. The highest BCUT2D eigenvalue weighted by atomic mass is 127. The summed E-state index contributed by atoms with van der Waals surface area (Å²) in [7, 11) is 0. The van der Waals surface area contributed by atoms with Crippen LogP contribution < -0.4 is 10.6 Å². The summed E-state index contributed by atoms with van der Waals surface area (Å²) in [6.07, 6.45) is -2.70. The Hall–Kier alpha value is -0.250. The molecule has 2 N–H and O–H groups in total. The molecule has 0 aliphatic carbocycles. The Morgan fingerprint density at radius 1 is 1.30 bits per heavy atom. The van der Waals surface area contributed by atoms with Crippen molar-refractivity contribution in [1.82, 2.24) is 15.5 Å². The fourth-order valence-electron chi connectivity index (χ4n) is 2.67. The van der Waals surface area contributed by atoms with E-state index < -0.39 is 12.6 Å². The van der Waals surface area contributed by atoms with E-state index in [4.69, 9.17) is 0 Å². The fraction of sp³-hybridized carbons (Fsp3) is 0.933. The van der Waals surface area contributed by atoms with Gasteiger partial charge in [0, 0.05) is 25.7 Å². The van der Waals surface area contributed by atoms with Crippen LogP contribution in [0.15, 0.2) is 4.99 Å². The van der Waals surface area contributed by atoms with Crippen molar-refractivity contribution in [3.8, 4) is 0 Å². The van der Waals surface area contributed by atoms with Gasteiger partial charge in [0.15, 0.2) is 5.96 Å². The Labute approximate surface area is 154 Å². The van der Waals surface area contributed by atoms with Gasteiger partial charge < -0.3 is 10.6 Å². The van der Waals surface area contributed by atoms with Crippen LogP contribution in [0.5, 0.6) is 0 Å². The number of aliphatic imine (C=N–C) groups is 1. The molecule has 1 aliphatic heterocycles. The summed E-state index contributed by atoms with van der Waals surface area (Å²) >= 11 is 0. The molecule has 23 heavy (non-hydrogen) atoms. The molecule has 1 aliphatic rings. The standard InChI is InChI=1S/C15H29F3N4.HI/c1-4-19-14(20-8-7-15(16,17)18)21-10-13-6-5-9-22(13)11-12(2)3;/h12-13H,4-11H2,1-3H3,(H2,19,20,21);1H/t13-;/m1./s1. The normalized spacial score (nSPS) is 19.8. The van der Waals surface area contributed by atoms with Crippen molar-refractivity contribution in [2.24, 2.45) is 10.9 Å². The highest BCUT2D eigenvalue weighted by Crippen LogP contribution is 2.19. The highest BCUT2D eigenvalue weighted by Gasteiger charge is 2.27. The number of alkyl halides is 3. The number of guanidine groups is 1. The Bertz CT molecular complexity index is 348. The van der Waals surface area contributed by atoms with Gasteiger partial charge in [-0.05, 0) is 32.2 Å². The van der Waals surface area contributed by atoms with Gasteiger partial charge in [-0.15, -0.1) is 24.0 Å². The minimum atomic E-state index is -4.14. The topological polar surface area (TPSA) is 39.7 Å². The van der Waals surface area contributed by atoms with Gasteiger partial charge in [-0.2, -0.15) is 13.2 Å². The number of hydrogen-bond acceptors (Lipinski definition) is 2. The van der Waals surface area contributed by atoms with Crippen molar-refractivity contribution in [3.63, 3.8) is 0 Å². The lowest BCUT2D eigenvalue weighted by Gasteiger charge is -2.25. The molecule has 1 fully saturated rings. The van der Waals surface area contributed by atoms with Crippen molar-refractivity contribution in [2.75, 3.05) is 32.7 Å². The molecule has 138 valence electrons. The Morgan fingerprint density at radius 3 is 2.57 bits per heavy atom. The quantitative estimate of drug-likeness (QED) is 0.356. The Kier molecular flexibility index (Phi) is 11.2. The second kappa shape index (κ2) is 11.3. The summed E-state index contributed by atoms with van der Waals surface area (Å²) in [4.78, 5) is 6.90. The van der Waals surface area contributed by atoms with Crippen molar-refractivity contribution in [3.05, 3.63) is 0 Å². The SMILES string of the molecule is CCNC(=NC[C@H]1CCCN1CC(C)C)NCCC(F)(F)F.I. The number of nitrogens with zero attached hydrogens (tertiary/aromatic N) is 2. The van der Waals surface area contributed by atoms with E-state index in [1.54, 1.807) is 0 Å². The maximum Gasteiger partial charge on any atom is 0.390 e. The number of halogens is 4. The third-order valence-electron chi connectivity index (χ3n) is 3.60. The lowest BCUT2D eigenvalue weighted by molar-refractivity contribution is -0.132. The lowest BCUT2D eigenvalue weighted by atomic mass is 10.2. The van der Waals surface area contributed by atoms with Gasteiger partial charge in [-0.1, -0.05) is 13.8 Å². The third kappa shape index (κ3) is 10.3. The van der Waals surface area contributed by atoms with E-state index in [0.29, 0.717) is 31.0 Å². The van der Waals surface area contributed by atoms with Crippen LogP contribution in [-0.4, -0.2) is 55.8 Å². The molecular formula is C15H30F3IN4. The minimum Gasteiger partial charge on any atom is -0.357 e. The van der Waals surface area contributed by atoms with Gasteiger partial charge in [-0.3, -0.25) is 9.89 Å². The zero-order valence-electron chi connectivity index (χ0n) is 14.2. The molecule has 0 bridgehead atoms. The van der Waals surface area contributed by atoms with Crippen LogP contribution in [0.4, 0.5) is 13.2 Å². The molecule has 1 rings (SSSR count). The summed E-state index contributed by atoms with van der Waals surface area (Å²) in [5.41, 5.74) is 0. The zero-order valence-corrected chi connectivity index (χ0v) is 16.6. The molecule has 0 unspecified atom stereocenters. The molecule has 0 aromatic heterocycles.